The number of hydrogen-bond donors (Lipinski definition) is 1. The first-order chi connectivity index (χ1) is 7.33. The summed E-state index contributed by atoms with van der Waals surface area (Å²) in [7, 11) is 0. The van der Waals surface area contributed by atoms with Gasteiger partial charge in [0.05, 0.1) is 0 Å². The second-order valence-corrected chi connectivity index (χ2v) is 4.95. The zero-order valence-corrected chi connectivity index (χ0v) is 9.02. The van der Waals surface area contributed by atoms with E-state index in [-0.39, 0.29) is 0 Å². The fourth-order valence-electron chi connectivity index (χ4n) is 3.17. The fraction of sp³-hybridized carbons (Fsp3) is 0.538. The van der Waals surface area contributed by atoms with Gasteiger partial charge in [0.25, 0.3) is 0 Å². The van der Waals surface area contributed by atoms with Crippen LogP contribution in [0, 0.1) is 11.8 Å². The third-order valence-electron chi connectivity index (χ3n) is 3.96. The van der Waals surface area contributed by atoms with Gasteiger partial charge in [0.2, 0.25) is 0 Å². The molecule has 1 aromatic rings. The van der Waals surface area contributed by atoms with Crippen LogP contribution < -0.4 is 10.6 Å². The number of nitrogens with two attached hydrogens (primary N) is 1. The van der Waals surface area contributed by atoms with Gasteiger partial charge in [0.1, 0.15) is 0 Å². The molecule has 2 fully saturated rings. The molecule has 0 radical (unpaired) electrons. The fourth-order valence-corrected chi connectivity index (χ4v) is 3.17. The van der Waals surface area contributed by atoms with E-state index < -0.39 is 0 Å². The third-order valence-corrected chi connectivity index (χ3v) is 3.96. The Kier molecular flexibility index (Phi) is 2.08. The van der Waals surface area contributed by atoms with E-state index in [0.717, 1.165) is 17.5 Å². The average Bonchev–Trinajstić information content (AvgIpc) is 2.76. The molecule has 2 atom stereocenters. The average molecular weight is 202 g/mol. The number of benzene rings is 1. The van der Waals surface area contributed by atoms with E-state index in [0.29, 0.717) is 0 Å². The lowest BCUT2D eigenvalue weighted by Gasteiger charge is -2.19. The predicted octanol–water partition coefficient (Wildman–Crippen LogP) is 2.51. The Morgan fingerprint density at radius 2 is 1.87 bits per heavy atom. The summed E-state index contributed by atoms with van der Waals surface area (Å²) in [6, 6.07) is 8.29. The number of rotatable bonds is 1. The number of nitrogens with zero attached hydrogens (tertiary/aromatic N) is 1. The van der Waals surface area contributed by atoms with Crippen LogP contribution in [0.4, 0.5) is 11.4 Å². The van der Waals surface area contributed by atoms with Crippen molar-refractivity contribution in [2.24, 2.45) is 11.8 Å². The molecule has 0 amide bonds. The van der Waals surface area contributed by atoms with Crippen LogP contribution in [-0.4, -0.2) is 13.1 Å². The van der Waals surface area contributed by atoms with Gasteiger partial charge < -0.3 is 10.6 Å². The van der Waals surface area contributed by atoms with Crippen molar-refractivity contribution in [2.45, 2.75) is 19.3 Å². The second kappa shape index (κ2) is 3.44. The molecule has 1 saturated heterocycles. The lowest BCUT2D eigenvalue weighted by molar-refractivity contribution is 0.494. The Labute approximate surface area is 91.1 Å². The molecule has 2 N–H and O–H groups in total. The molecule has 0 spiro atoms. The number of hydrogen-bond acceptors (Lipinski definition) is 2. The molecule has 80 valence electrons. The van der Waals surface area contributed by atoms with E-state index in [1.54, 1.807) is 0 Å². The van der Waals surface area contributed by atoms with Gasteiger partial charge in [-0.3, -0.25) is 0 Å². The maximum Gasteiger partial charge on any atom is 0.0387 e. The van der Waals surface area contributed by atoms with Crippen LogP contribution >= 0.6 is 0 Å². The minimum Gasteiger partial charge on any atom is -0.399 e. The molecule has 1 aliphatic carbocycles. The first kappa shape index (κ1) is 9.08. The molecule has 1 aromatic carbocycles. The first-order valence-electron chi connectivity index (χ1n) is 5.93. The third kappa shape index (κ3) is 1.58. The normalized spacial score (nSPS) is 29.5. The maximum atomic E-state index is 5.82. The minimum absolute atomic E-state index is 0.879. The highest BCUT2D eigenvalue weighted by Gasteiger charge is 2.35. The molecule has 0 aromatic heterocycles. The van der Waals surface area contributed by atoms with Crippen LogP contribution in [0.5, 0.6) is 0 Å². The Bertz CT molecular complexity index is 349. The summed E-state index contributed by atoms with van der Waals surface area (Å²) < 4.78 is 0. The van der Waals surface area contributed by atoms with Crippen molar-refractivity contribution in [3.05, 3.63) is 24.3 Å². The summed E-state index contributed by atoms with van der Waals surface area (Å²) in [5.41, 5.74) is 8.00. The molecule has 1 heterocycles. The second-order valence-electron chi connectivity index (χ2n) is 4.95. The van der Waals surface area contributed by atoms with Gasteiger partial charge in [-0.25, -0.2) is 0 Å². The van der Waals surface area contributed by atoms with Gasteiger partial charge >= 0.3 is 0 Å². The molecule has 2 nitrogen and oxygen atoms in total. The molecule has 2 heteroatoms. The molecule has 1 saturated carbocycles. The SMILES string of the molecule is Nc1cccc(N2CC3CCCC3C2)c1. The van der Waals surface area contributed by atoms with Crippen molar-refractivity contribution in [3.63, 3.8) is 0 Å². The zero-order chi connectivity index (χ0) is 10.3. The Morgan fingerprint density at radius 1 is 1.13 bits per heavy atom. The summed E-state index contributed by atoms with van der Waals surface area (Å²) in [5.74, 6) is 1.90. The molecule has 2 unspecified atom stereocenters. The molecule has 0 bridgehead atoms. The van der Waals surface area contributed by atoms with Gasteiger partial charge in [-0.1, -0.05) is 12.5 Å². The number of nitrogen functional groups attached to an aromatic ring is 1. The largest absolute Gasteiger partial charge is 0.399 e. The molecule has 2 aliphatic rings. The highest BCUT2D eigenvalue weighted by atomic mass is 15.2. The molecular formula is C13H18N2. The van der Waals surface area contributed by atoms with Crippen LogP contribution in [0.15, 0.2) is 24.3 Å². The van der Waals surface area contributed by atoms with Crippen LogP contribution in [-0.2, 0) is 0 Å². The van der Waals surface area contributed by atoms with E-state index in [1.165, 1.54) is 38.0 Å². The molecular weight excluding hydrogens is 184 g/mol. The van der Waals surface area contributed by atoms with E-state index in [4.69, 9.17) is 5.73 Å². The maximum absolute atomic E-state index is 5.82. The van der Waals surface area contributed by atoms with Gasteiger partial charge in [-0.15, -0.1) is 0 Å². The van der Waals surface area contributed by atoms with Crippen molar-refractivity contribution in [2.75, 3.05) is 23.7 Å². The van der Waals surface area contributed by atoms with E-state index in [1.807, 2.05) is 6.07 Å². The van der Waals surface area contributed by atoms with E-state index >= 15 is 0 Å². The Morgan fingerprint density at radius 3 is 2.53 bits per heavy atom. The summed E-state index contributed by atoms with van der Waals surface area (Å²) in [6.07, 6.45) is 4.31. The van der Waals surface area contributed by atoms with Crippen LogP contribution in [0.1, 0.15) is 19.3 Å². The minimum atomic E-state index is 0.879. The van der Waals surface area contributed by atoms with Crippen molar-refractivity contribution in [3.8, 4) is 0 Å². The topological polar surface area (TPSA) is 29.3 Å². The molecule has 1 aliphatic heterocycles. The van der Waals surface area contributed by atoms with E-state index in [9.17, 15) is 0 Å². The summed E-state index contributed by atoms with van der Waals surface area (Å²) in [4.78, 5) is 2.50. The van der Waals surface area contributed by atoms with Crippen LogP contribution in [0.25, 0.3) is 0 Å². The van der Waals surface area contributed by atoms with Crippen LogP contribution in [0.3, 0.4) is 0 Å². The standard InChI is InChI=1S/C13H18N2/c14-12-5-2-6-13(7-12)15-8-10-3-1-4-11(10)9-15/h2,5-7,10-11H,1,3-4,8-9,14H2. The van der Waals surface area contributed by atoms with Crippen molar-refractivity contribution in [1.82, 2.24) is 0 Å². The van der Waals surface area contributed by atoms with Crippen molar-refractivity contribution < 1.29 is 0 Å². The smallest absolute Gasteiger partial charge is 0.0387 e. The quantitative estimate of drug-likeness (QED) is 0.709. The Balaban J connectivity index is 1.79. The summed E-state index contributed by atoms with van der Waals surface area (Å²) in [6.45, 7) is 2.49. The van der Waals surface area contributed by atoms with Gasteiger partial charge in [0, 0.05) is 24.5 Å². The molecule has 3 rings (SSSR count). The Hall–Kier alpha value is -1.18. The van der Waals surface area contributed by atoms with Gasteiger partial charge in [-0.2, -0.15) is 0 Å². The van der Waals surface area contributed by atoms with Gasteiger partial charge in [-0.05, 0) is 42.9 Å². The van der Waals surface area contributed by atoms with Crippen molar-refractivity contribution in [1.29, 1.82) is 0 Å². The highest BCUT2D eigenvalue weighted by molar-refractivity contribution is 5.56. The summed E-state index contributed by atoms with van der Waals surface area (Å²) >= 11 is 0. The van der Waals surface area contributed by atoms with Gasteiger partial charge in [0.15, 0.2) is 0 Å². The number of anilines is 2. The summed E-state index contributed by atoms with van der Waals surface area (Å²) in [5, 5.41) is 0. The predicted molar refractivity (Wildman–Crippen MR) is 63.9 cm³/mol. The van der Waals surface area contributed by atoms with Crippen molar-refractivity contribution >= 4 is 11.4 Å². The first-order valence-corrected chi connectivity index (χ1v) is 5.93. The monoisotopic (exact) mass is 202 g/mol. The lowest BCUT2D eigenvalue weighted by atomic mass is 10.0. The zero-order valence-electron chi connectivity index (χ0n) is 9.02. The number of fused-ring (bicyclic) bond motifs is 1. The van der Waals surface area contributed by atoms with E-state index in [2.05, 4.69) is 23.1 Å². The lowest BCUT2D eigenvalue weighted by Crippen LogP contribution is -2.20. The highest BCUT2D eigenvalue weighted by Crippen LogP contribution is 2.39. The van der Waals surface area contributed by atoms with Crippen LogP contribution in [0.2, 0.25) is 0 Å². The molecule has 15 heavy (non-hydrogen) atoms.